The highest BCUT2D eigenvalue weighted by atomic mass is 14.6. The summed E-state index contributed by atoms with van der Waals surface area (Å²) in [4.78, 5) is 4.32. The Bertz CT molecular complexity index is 418. The van der Waals surface area contributed by atoms with E-state index in [9.17, 15) is 0 Å². The van der Waals surface area contributed by atoms with Crippen LogP contribution < -0.4 is 0 Å². The van der Waals surface area contributed by atoms with E-state index in [0.29, 0.717) is 5.92 Å². The molecular weight excluding hydrogens is 169 g/mol. The largest absolute Gasteiger partial charge is 0.256 e. The summed E-state index contributed by atoms with van der Waals surface area (Å²) in [7, 11) is 0. The third-order valence-electron chi connectivity index (χ3n) is 2.30. The summed E-state index contributed by atoms with van der Waals surface area (Å²) >= 11 is 0. The van der Waals surface area contributed by atoms with Gasteiger partial charge in [0.25, 0.3) is 0 Å². The second-order valence-electron chi connectivity index (χ2n) is 3.57. The summed E-state index contributed by atoms with van der Waals surface area (Å²) in [5, 5.41) is 1.28. The number of nitrogens with zero attached hydrogens (tertiary/aromatic N) is 1. The third kappa shape index (κ3) is 1.79. The van der Waals surface area contributed by atoms with E-state index in [1.807, 2.05) is 12.3 Å². The van der Waals surface area contributed by atoms with Crippen molar-refractivity contribution >= 4 is 19.3 Å². The van der Waals surface area contributed by atoms with E-state index in [-0.39, 0.29) is 8.41 Å². The molecule has 0 aliphatic rings. The van der Waals surface area contributed by atoms with Crippen molar-refractivity contribution in [2.45, 2.75) is 19.8 Å². The van der Waals surface area contributed by atoms with Crippen LogP contribution in [0.25, 0.3) is 10.9 Å². The van der Waals surface area contributed by atoms with E-state index >= 15 is 0 Å². The quantitative estimate of drug-likeness (QED) is 0.617. The van der Waals surface area contributed by atoms with Crippen LogP contribution in [0.5, 0.6) is 0 Å². The van der Waals surface area contributed by atoms with Crippen LogP contribution >= 0.6 is 0 Å². The zero-order valence-electron chi connectivity index (χ0n) is 8.57. The first-order valence-corrected chi connectivity index (χ1v) is 4.62. The molecule has 14 heavy (non-hydrogen) atoms. The number of aromatic nitrogens is 1. The topological polar surface area (TPSA) is 12.9 Å². The van der Waals surface area contributed by atoms with Gasteiger partial charge in [-0.2, -0.15) is 0 Å². The number of pyridine rings is 1. The molecule has 2 aromatic rings. The summed E-state index contributed by atoms with van der Waals surface area (Å²) in [5.41, 5.74) is 2.47. The molecular formula is C12H13BN. The summed E-state index contributed by atoms with van der Waals surface area (Å²) < 4.78 is 0. The Labute approximate surface area is 86.7 Å². The van der Waals surface area contributed by atoms with E-state index in [0.717, 1.165) is 5.52 Å². The number of rotatable bonds is 1. The molecule has 3 radical (unpaired) electrons. The van der Waals surface area contributed by atoms with Crippen LogP contribution in [0.4, 0.5) is 0 Å². The minimum absolute atomic E-state index is 0. The molecule has 0 N–H and O–H groups in total. The van der Waals surface area contributed by atoms with E-state index in [4.69, 9.17) is 0 Å². The second-order valence-corrected chi connectivity index (χ2v) is 3.57. The minimum atomic E-state index is 0. The molecule has 1 aromatic carbocycles. The molecule has 0 amide bonds. The molecule has 0 unspecified atom stereocenters. The maximum absolute atomic E-state index is 4.32. The lowest BCUT2D eigenvalue weighted by Gasteiger charge is -2.08. The Balaban J connectivity index is 0.000000980. The average Bonchev–Trinajstić information content (AvgIpc) is 2.17. The van der Waals surface area contributed by atoms with Crippen LogP contribution in [-0.4, -0.2) is 13.4 Å². The highest BCUT2D eigenvalue weighted by Crippen LogP contribution is 2.22. The molecule has 69 valence electrons. The molecule has 2 rings (SSSR count). The Hall–Kier alpha value is -1.31. The standard InChI is InChI=1S/C12H13N.B/c1-9(2)10-7-8-13-12-6-4-3-5-11(10)12;/h3-9H,1-2H3;. The smallest absolute Gasteiger partial charge is 0.0704 e. The molecule has 0 fully saturated rings. The average molecular weight is 182 g/mol. The van der Waals surface area contributed by atoms with Gasteiger partial charge in [-0.05, 0) is 23.6 Å². The van der Waals surface area contributed by atoms with E-state index < -0.39 is 0 Å². The number of para-hydroxylation sites is 1. The number of benzene rings is 1. The van der Waals surface area contributed by atoms with Gasteiger partial charge in [0.1, 0.15) is 0 Å². The molecule has 0 aliphatic heterocycles. The summed E-state index contributed by atoms with van der Waals surface area (Å²) in [6.07, 6.45) is 1.89. The lowest BCUT2D eigenvalue weighted by atomic mass is 9.99. The van der Waals surface area contributed by atoms with Gasteiger partial charge in [-0.3, -0.25) is 4.98 Å². The lowest BCUT2D eigenvalue weighted by molar-refractivity contribution is 0.874. The zero-order valence-corrected chi connectivity index (χ0v) is 8.57. The molecule has 0 atom stereocenters. The van der Waals surface area contributed by atoms with Crippen molar-refractivity contribution < 1.29 is 0 Å². The van der Waals surface area contributed by atoms with E-state index in [2.05, 4.69) is 43.1 Å². The van der Waals surface area contributed by atoms with Gasteiger partial charge < -0.3 is 0 Å². The van der Waals surface area contributed by atoms with Gasteiger partial charge in [-0.25, -0.2) is 0 Å². The maximum Gasteiger partial charge on any atom is 0.0704 e. The van der Waals surface area contributed by atoms with Crippen molar-refractivity contribution in [2.75, 3.05) is 0 Å². The molecule has 2 heteroatoms. The van der Waals surface area contributed by atoms with Crippen molar-refractivity contribution in [1.29, 1.82) is 0 Å². The monoisotopic (exact) mass is 182 g/mol. The van der Waals surface area contributed by atoms with Crippen LogP contribution in [-0.2, 0) is 0 Å². The van der Waals surface area contributed by atoms with Crippen molar-refractivity contribution in [3.8, 4) is 0 Å². The van der Waals surface area contributed by atoms with Crippen molar-refractivity contribution in [3.05, 3.63) is 42.1 Å². The Morgan fingerprint density at radius 2 is 1.79 bits per heavy atom. The second kappa shape index (κ2) is 4.27. The van der Waals surface area contributed by atoms with Crippen LogP contribution in [0.15, 0.2) is 36.5 Å². The van der Waals surface area contributed by atoms with E-state index in [1.54, 1.807) is 0 Å². The fraction of sp³-hybridized carbons (Fsp3) is 0.250. The first kappa shape index (κ1) is 10.8. The Morgan fingerprint density at radius 3 is 2.50 bits per heavy atom. The van der Waals surface area contributed by atoms with Crippen molar-refractivity contribution in [1.82, 2.24) is 4.98 Å². The molecule has 1 heterocycles. The van der Waals surface area contributed by atoms with Gasteiger partial charge in [0.05, 0.1) is 5.52 Å². The van der Waals surface area contributed by atoms with Gasteiger partial charge >= 0.3 is 0 Å². The van der Waals surface area contributed by atoms with Gasteiger partial charge in [-0.15, -0.1) is 0 Å². The first-order chi connectivity index (χ1) is 6.29. The van der Waals surface area contributed by atoms with Gasteiger partial charge in [-0.1, -0.05) is 32.0 Å². The van der Waals surface area contributed by atoms with Gasteiger partial charge in [0.15, 0.2) is 0 Å². The van der Waals surface area contributed by atoms with Gasteiger partial charge in [0.2, 0.25) is 0 Å². The number of fused-ring (bicyclic) bond motifs is 1. The maximum atomic E-state index is 4.32. The predicted molar refractivity (Wildman–Crippen MR) is 61.6 cm³/mol. The van der Waals surface area contributed by atoms with Crippen LogP contribution in [0.1, 0.15) is 25.3 Å². The minimum Gasteiger partial charge on any atom is -0.256 e. The fourth-order valence-corrected chi connectivity index (χ4v) is 1.62. The number of hydrogen-bond donors (Lipinski definition) is 0. The fourth-order valence-electron chi connectivity index (χ4n) is 1.62. The molecule has 1 nitrogen and oxygen atoms in total. The summed E-state index contributed by atoms with van der Waals surface area (Å²) in [5.74, 6) is 0.563. The molecule has 0 saturated carbocycles. The highest BCUT2D eigenvalue weighted by Gasteiger charge is 2.03. The van der Waals surface area contributed by atoms with Crippen LogP contribution in [0.2, 0.25) is 0 Å². The third-order valence-corrected chi connectivity index (χ3v) is 2.30. The molecule has 0 aliphatic carbocycles. The Kier molecular flexibility index (Phi) is 3.29. The normalized spacial score (nSPS) is 10.2. The number of hydrogen-bond acceptors (Lipinski definition) is 1. The lowest BCUT2D eigenvalue weighted by Crippen LogP contribution is -1.90. The summed E-state index contributed by atoms with van der Waals surface area (Å²) in [6, 6.07) is 10.4. The van der Waals surface area contributed by atoms with Crippen molar-refractivity contribution in [3.63, 3.8) is 0 Å². The molecule has 0 spiro atoms. The molecule has 0 bridgehead atoms. The van der Waals surface area contributed by atoms with Crippen LogP contribution in [0.3, 0.4) is 0 Å². The molecule has 1 aromatic heterocycles. The van der Waals surface area contributed by atoms with E-state index in [1.165, 1.54) is 10.9 Å². The SMILES string of the molecule is CC(C)c1ccnc2ccccc12.[B]. The first-order valence-electron chi connectivity index (χ1n) is 4.62. The Morgan fingerprint density at radius 1 is 1.07 bits per heavy atom. The molecule has 0 saturated heterocycles. The van der Waals surface area contributed by atoms with Crippen molar-refractivity contribution in [2.24, 2.45) is 0 Å². The zero-order chi connectivity index (χ0) is 9.26. The highest BCUT2D eigenvalue weighted by molar-refractivity contribution is 5.82. The van der Waals surface area contributed by atoms with Gasteiger partial charge in [0, 0.05) is 20.0 Å². The van der Waals surface area contributed by atoms with Crippen LogP contribution in [0, 0.1) is 0 Å². The summed E-state index contributed by atoms with van der Waals surface area (Å²) in [6.45, 7) is 4.42. The predicted octanol–water partition coefficient (Wildman–Crippen LogP) is 2.98.